The summed E-state index contributed by atoms with van der Waals surface area (Å²) in [7, 11) is 0. The van der Waals surface area contributed by atoms with Gasteiger partial charge in [-0.25, -0.2) is 9.97 Å². The number of allylic oxidation sites excluding steroid dienone is 1. The van der Waals surface area contributed by atoms with Crippen LogP contribution in [0.15, 0.2) is 53.5 Å². The normalized spacial score (nSPS) is 28.6. The van der Waals surface area contributed by atoms with Crippen molar-refractivity contribution >= 4 is 22.9 Å². The number of aromatic nitrogens is 2. The van der Waals surface area contributed by atoms with Crippen LogP contribution in [-0.4, -0.2) is 32.4 Å². The van der Waals surface area contributed by atoms with Gasteiger partial charge in [-0.2, -0.15) is 5.10 Å². The van der Waals surface area contributed by atoms with Crippen molar-refractivity contribution in [2.75, 3.05) is 0 Å². The molecule has 1 aromatic heterocycles. The first-order chi connectivity index (χ1) is 13.9. The number of fused-ring (bicyclic) bond motifs is 3. The van der Waals surface area contributed by atoms with Gasteiger partial charge in [-0.05, 0) is 69.2 Å². The molecule has 2 fully saturated rings. The molecule has 2 aliphatic carbocycles. The van der Waals surface area contributed by atoms with Crippen LogP contribution in [0.1, 0.15) is 50.8 Å². The molecule has 0 radical (unpaired) electrons. The summed E-state index contributed by atoms with van der Waals surface area (Å²) in [6.07, 6.45) is 7.56. The summed E-state index contributed by atoms with van der Waals surface area (Å²) in [5, 5.41) is 15.9. The van der Waals surface area contributed by atoms with Crippen LogP contribution in [0.2, 0.25) is 5.02 Å². The summed E-state index contributed by atoms with van der Waals surface area (Å²) in [6, 6.07) is 10.0. The van der Waals surface area contributed by atoms with Gasteiger partial charge in [0.1, 0.15) is 6.33 Å². The van der Waals surface area contributed by atoms with Crippen molar-refractivity contribution in [3.63, 3.8) is 0 Å². The molecule has 1 spiro atoms. The lowest BCUT2D eigenvalue weighted by atomic mass is 9.72. The number of nitrogens with one attached hydrogen (secondary N) is 1. The molecule has 1 unspecified atom stereocenters. The van der Waals surface area contributed by atoms with Gasteiger partial charge < -0.3 is 10.5 Å². The van der Waals surface area contributed by atoms with Gasteiger partial charge in [0.25, 0.3) is 0 Å². The van der Waals surface area contributed by atoms with E-state index in [0.29, 0.717) is 10.9 Å². The summed E-state index contributed by atoms with van der Waals surface area (Å²) in [4.78, 5) is 8.66. The van der Waals surface area contributed by atoms with Gasteiger partial charge in [0, 0.05) is 27.8 Å². The first-order valence-corrected chi connectivity index (χ1v) is 10.6. The minimum absolute atomic E-state index is 0.111. The second-order valence-corrected chi connectivity index (χ2v) is 9.43. The van der Waals surface area contributed by atoms with Crippen molar-refractivity contribution in [3.05, 3.63) is 64.7 Å². The van der Waals surface area contributed by atoms with E-state index in [4.69, 9.17) is 16.7 Å². The standard InChI is InChI=1S/C23H25ClN4O/c1-22(2,29)15-7-10-23(11-8-15)19-18(17-9-12-25-13-26-17)20(27-28-21(19)23)14-3-5-16(24)6-4-14/h3-6,9,12-13,15,21,28-29H,7-8,10-11H2,1-2H3. The van der Waals surface area contributed by atoms with Crippen LogP contribution < -0.4 is 5.43 Å². The van der Waals surface area contributed by atoms with Crippen LogP contribution in [0.25, 0.3) is 5.57 Å². The van der Waals surface area contributed by atoms with Crippen molar-refractivity contribution in [1.82, 2.24) is 15.4 Å². The van der Waals surface area contributed by atoms with E-state index < -0.39 is 5.60 Å². The van der Waals surface area contributed by atoms with E-state index in [2.05, 4.69) is 15.4 Å². The Morgan fingerprint density at radius 3 is 2.48 bits per heavy atom. The van der Waals surface area contributed by atoms with E-state index >= 15 is 0 Å². The smallest absolute Gasteiger partial charge is 0.116 e. The zero-order valence-electron chi connectivity index (χ0n) is 16.7. The summed E-state index contributed by atoms with van der Waals surface area (Å²) >= 11 is 6.10. The second kappa shape index (κ2) is 6.64. The molecular weight excluding hydrogens is 384 g/mol. The highest BCUT2D eigenvalue weighted by Crippen LogP contribution is 2.65. The Balaban J connectivity index is 1.55. The molecule has 3 aliphatic rings. The average molecular weight is 409 g/mol. The van der Waals surface area contributed by atoms with Gasteiger partial charge in [0.15, 0.2) is 0 Å². The van der Waals surface area contributed by atoms with Gasteiger partial charge in [-0.3, -0.25) is 0 Å². The van der Waals surface area contributed by atoms with Crippen LogP contribution in [0, 0.1) is 11.3 Å². The lowest BCUT2D eigenvalue weighted by molar-refractivity contribution is -0.00782. The molecule has 2 N–H and O–H groups in total. The maximum atomic E-state index is 10.5. The minimum Gasteiger partial charge on any atom is -0.390 e. The lowest BCUT2D eigenvalue weighted by Gasteiger charge is -2.36. The third-order valence-corrected chi connectivity index (χ3v) is 7.19. The maximum Gasteiger partial charge on any atom is 0.116 e. The van der Waals surface area contributed by atoms with Gasteiger partial charge in [0.2, 0.25) is 0 Å². The fourth-order valence-corrected chi connectivity index (χ4v) is 5.35. The molecule has 2 saturated carbocycles. The quantitative estimate of drug-likeness (QED) is 0.797. The van der Waals surface area contributed by atoms with E-state index in [1.54, 1.807) is 12.5 Å². The molecule has 2 aromatic rings. The largest absolute Gasteiger partial charge is 0.390 e. The fourth-order valence-electron chi connectivity index (χ4n) is 5.23. The third-order valence-electron chi connectivity index (χ3n) is 6.94. The molecule has 5 nitrogen and oxygen atoms in total. The van der Waals surface area contributed by atoms with E-state index in [0.717, 1.165) is 48.2 Å². The maximum absolute atomic E-state index is 10.5. The monoisotopic (exact) mass is 408 g/mol. The molecule has 1 aromatic carbocycles. The summed E-state index contributed by atoms with van der Waals surface area (Å²) in [5.41, 5.74) is 8.29. The molecule has 5 rings (SSSR count). The molecule has 29 heavy (non-hydrogen) atoms. The Kier molecular flexibility index (Phi) is 4.30. The van der Waals surface area contributed by atoms with Gasteiger partial charge >= 0.3 is 0 Å². The predicted molar refractivity (Wildman–Crippen MR) is 115 cm³/mol. The van der Waals surface area contributed by atoms with E-state index in [1.165, 1.54) is 5.57 Å². The van der Waals surface area contributed by atoms with E-state index in [-0.39, 0.29) is 11.5 Å². The topological polar surface area (TPSA) is 70.4 Å². The van der Waals surface area contributed by atoms with Crippen LogP contribution in [0.5, 0.6) is 0 Å². The Labute approximate surface area is 175 Å². The Morgan fingerprint density at radius 2 is 1.86 bits per heavy atom. The summed E-state index contributed by atoms with van der Waals surface area (Å²) in [5.74, 6) is 0.343. The van der Waals surface area contributed by atoms with Crippen molar-refractivity contribution in [1.29, 1.82) is 0 Å². The van der Waals surface area contributed by atoms with Gasteiger partial charge in [-0.15, -0.1) is 0 Å². The van der Waals surface area contributed by atoms with Crippen molar-refractivity contribution < 1.29 is 5.11 Å². The summed E-state index contributed by atoms with van der Waals surface area (Å²) in [6.45, 7) is 3.86. The SMILES string of the molecule is CC(C)(O)C1CCC2(CC1)C1=C(c3ccncn3)C(c3ccc(Cl)cc3)=NNC12. The van der Waals surface area contributed by atoms with Crippen LogP contribution in [0.4, 0.5) is 0 Å². The number of hydrogen-bond donors (Lipinski definition) is 2. The number of nitrogens with zero attached hydrogens (tertiary/aromatic N) is 3. The zero-order chi connectivity index (χ0) is 20.2. The minimum atomic E-state index is -0.621. The van der Waals surface area contributed by atoms with Gasteiger partial charge in [-0.1, -0.05) is 23.7 Å². The molecule has 0 saturated heterocycles. The van der Waals surface area contributed by atoms with Crippen LogP contribution in [-0.2, 0) is 0 Å². The van der Waals surface area contributed by atoms with Crippen LogP contribution in [0.3, 0.4) is 0 Å². The van der Waals surface area contributed by atoms with E-state index in [9.17, 15) is 5.11 Å². The molecule has 1 atom stereocenters. The molecule has 150 valence electrons. The zero-order valence-corrected chi connectivity index (χ0v) is 17.4. The van der Waals surface area contributed by atoms with Crippen molar-refractivity contribution in [2.45, 2.75) is 51.2 Å². The number of benzene rings is 1. The van der Waals surface area contributed by atoms with Crippen molar-refractivity contribution in [2.24, 2.45) is 16.4 Å². The number of aliphatic hydroxyl groups is 1. The number of hydrazone groups is 1. The van der Waals surface area contributed by atoms with Crippen LogP contribution >= 0.6 is 11.6 Å². The molecule has 2 heterocycles. The van der Waals surface area contributed by atoms with E-state index in [1.807, 2.05) is 44.2 Å². The Bertz CT molecular complexity index is 984. The molecule has 0 bridgehead atoms. The molecular formula is C23H25ClN4O. The fraction of sp³-hybridized carbons (Fsp3) is 0.435. The summed E-state index contributed by atoms with van der Waals surface area (Å²) < 4.78 is 0. The molecule has 6 heteroatoms. The van der Waals surface area contributed by atoms with Gasteiger partial charge in [0.05, 0.1) is 23.0 Å². The highest BCUT2D eigenvalue weighted by atomic mass is 35.5. The first-order valence-electron chi connectivity index (χ1n) is 10.2. The van der Waals surface area contributed by atoms with Crippen molar-refractivity contribution in [3.8, 4) is 0 Å². The Morgan fingerprint density at radius 1 is 1.14 bits per heavy atom. The average Bonchev–Trinajstić information content (AvgIpc) is 3.34. The predicted octanol–water partition coefficient (Wildman–Crippen LogP) is 4.22. The molecule has 1 aliphatic heterocycles. The third kappa shape index (κ3) is 3.08. The second-order valence-electron chi connectivity index (χ2n) is 9.00. The lowest BCUT2D eigenvalue weighted by Crippen LogP contribution is -2.35. The first kappa shape index (κ1) is 18.8. The highest BCUT2D eigenvalue weighted by Gasteiger charge is 2.64. The number of hydrogen-bond acceptors (Lipinski definition) is 5. The highest BCUT2D eigenvalue weighted by molar-refractivity contribution is 6.34. The number of halogens is 1. The Hall–Kier alpha value is -2.24. The molecule has 0 amide bonds. The number of rotatable bonds is 3.